The number of sulfonamides is 1. The van der Waals surface area contributed by atoms with Crippen LogP contribution in [0.1, 0.15) is 25.8 Å². The average molecular weight is 271 g/mol. The molecular formula is C13H21NO3S. The van der Waals surface area contributed by atoms with Crippen LogP contribution in [0, 0.1) is 6.92 Å². The number of aryl methyl sites for hydroxylation is 1. The summed E-state index contributed by atoms with van der Waals surface area (Å²) in [6, 6.07) is 6.75. The van der Waals surface area contributed by atoms with Crippen molar-refractivity contribution in [3.8, 4) is 0 Å². The van der Waals surface area contributed by atoms with Crippen LogP contribution in [0.2, 0.25) is 0 Å². The molecule has 0 amide bonds. The molecule has 0 aliphatic heterocycles. The van der Waals surface area contributed by atoms with Gasteiger partial charge in [-0.15, -0.1) is 0 Å². The van der Waals surface area contributed by atoms with Gasteiger partial charge in [-0.25, -0.2) is 12.7 Å². The van der Waals surface area contributed by atoms with Gasteiger partial charge in [0.05, 0.1) is 10.5 Å². The predicted molar refractivity (Wildman–Crippen MR) is 71.9 cm³/mol. The molecule has 0 fully saturated rings. The molecule has 0 saturated heterocycles. The second-order valence-corrected chi connectivity index (χ2v) is 7.25. The summed E-state index contributed by atoms with van der Waals surface area (Å²) in [5.74, 6) is 0. The van der Waals surface area contributed by atoms with Gasteiger partial charge in [0.2, 0.25) is 10.0 Å². The summed E-state index contributed by atoms with van der Waals surface area (Å²) >= 11 is 0. The maximum absolute atomic E-state index is 12.2. The molecule has 1 N–H and O–H groups in total. The number of hydrogen-bond acceptors (Lipinski definition) is 3. The normalized spacial score (nSPS) is 13.0. The summed E-state index contributed by atoms with van der Waals surface area (Å²) in [6.45, 7) is 5.53. The number of aliphatic hydroxyl groups is 1. The van der Waals surface area contributed by atoms with Crippen LogP contribution < -0.4 is 0 Å². The van der Waals surface area contributed by atoms with Crippen molar-refractivity contribution in [2.24, 2.45) is 0 Å². The standard InChI is InChI=1S/C13H21NO3S/c1-11-5-7-12(8-6-11)18(16,17)14(4)10-9-13(2,3)15/h5-8,15H,9-10H2,1-4H3. The number of nitrogens with zero attached hydrogens (tertiary/aromatic N) is 1. The summed E-state index contributed by atoms with van der Waals surface area (Å²) < 4.78 is 25.7. The van der Waals surface area contributed by atoms with Gasteiger partial charge in [0, 0.05) is 13.6 Å². The lowest BCUT2D eigenvalue weighted by Gasteiger charge is -2.22. The van der Waals surface area contributed by atoms with Gasteiger partial charge in [0.1, 0.15) is 0 Å². The zero-order valence-electron chi connectivity index (χ0n) is 11.3. The van der Waals surface area contributed by atoms with Crippen molar-refractivity contribution in [2.75, 3.05) is 13.6 Å². The van der Waals surface area contributed by atoms with Crippen LogP contribution in [0.5, 0.6) is 0 Å². The Hall–Kier alpha value is -0.910. The lowest BCUT2D eigenvalue weighted by molar-refractivity contribution is 0.0670. The van der Waals surface area contributed by atoms with Crippen LogP contribution in [-0.4, -0.2) is 37.0 Å². The Morgan fingerprint density at radius 2 is 1.72 bits per heavy atom. The lowest BCUT2D eigenvalue weighted by Crippen LogP contribution is -2.32. The first-order valence-corrected chi connectivity index (χ1v) is 7.32. The van der Waals surface area contributed by atoms with Crippen molar-refractivity contribution < 1.29 is 13.5 Å². The van der Waals surface area contributed by atoms with Crippen LogP contribution in [0.4, 0.5) is 0 Å². The molecule has 1 rings (SSSR count). The molecule has 0 aromatic heterocycles. The maximum atomic E-state index is 12.2. The Labute approximate surface area is 109 Å². The van der Waals surface area contributed by atoms with E-state index in [2.05, 4.69) is 0 Å². The smallest absolute Gasteiger partial charge is 0.242 e. The molecule has 1 aromatic rings. The molecule has 0 radical (unpaired) electrons. The van der Waals surface area contributed by atoms with E-state index in [4.69, 9.17) is 0 Å². The molecular weight excluding hydrogens is 250 g/mol. The first kappa shape index (κ1) is 15.1. The summed E-state index contributed by atoms with van der Waals surface area (Å²) in [4.78, 5) is 0.284. The van der Waals surface area contributed by atoms with Gasteiger partial charge >= 0.3 is 0 Å². The minimum Gasteiger partial charge on any atom is -0.390 e. The monoisotopic (exact) mass is 271 g/mol. The van der Waals surface area contributed by atoms with Crippen LogP contribution in [0.15, 0.2) is 29.2 Å². The zero-order chi connectivity index (χ0) is 14.0. The molecule has 18 heavy (non-hydrogen) atoms. The van der Waals surface area contributed by atoms with E-state index in [0.717, 1.165) is 5.56 Å². The first-order valence-electron chi connectivity index (χ1n) is 5.88. The molecule has 5 heteroatoms. The minimum atomic E-state index is -3.46. The topological polar surface area (TPSA) is 57.6 Å². The molecule has 4 nitrogen and oxygen atoms in total. The molecule has 0 aliphatic rings. The molecule has 0 heterocycles. The van der Waals surface area contributed by atoms with Crippen molar-refractivity contribution in [3.05, 3.63) is 29.8 Å². The third-order valence-electron chi connectivity index (χ3n) is 2.77. The van der Waals surface area contributed by atoms with Crippen LogP contribution in [-0.2, 0) is 10.0 Å². The van der Waals surface area contributed by atoms with Crippen molar-refractivity contribution >= 4 is 10.0 Å². The van der Waals surface area contributed by atoms with E-state index >= 15 is 0 Å². The summed E-state index contributed by atoms with van der Waals surface area (Å²) in [6.07, 6.45) is 0.397. The molecule has 0 unspecified atom stereocenters. The SMILES string of the molecule is Cc1ccc(S(=O)(=O)N(C)CCC(C)(C)O)cc1. The largest absolute Gasteiger partial charge is 0.390 e. The van der Waals surface area contributed by atoms with Gasteiger partial charge in [0.25, 0.3) is 0 Å². The van der Waals surface area contributed by atoms with Crippen molar-refractivity contribution in [2.45, 2.75) is 37.7 Å². The molecule has 0 saturated carbocycles. The predicted octanol–water partition coefficient (Wildman–Crippen LogP) is 1.78. The molecule has 0 bridgehead atoms. The van der Waals surface area contributed by atoms with E-state index in [-0.39, 0.29) is 4.90 Å². The average Bonchev–Trinajstić information content (AvgIpc) is 2.25. The molecule has 0 spiro atoms. The van der Waals surface area contributed by atoms with Gasteiger partial charge in [0.15, 0.2) is 0 Å². The zero-order valence-corrected chi connectivity index (χ0v) is 12.2. The van der Waals surface area contributed by atoms with E-state index in [0.29, 0.717) is 13.0 Å². The lowest BCUT2D eigenvalue weighted by atomic mass is 10.1. The maximum Gasteiger partial charge on any atom is 0.242 e. The Balaban J connectivity index is 2.83. The number of rotatable bonds is 5. The Morgan fingerprint density at radius 1 is 1.22 bits per heavy atom. The van der Waals surface area contributed by atoms with E-state index in [1.165, 1.54) is 11.4 Å². The van der Waals surface area contributed by atoms with Gasteiger partial charge < -0.3 is 5.11 Å². The van der Waals surface area contributed by atoms with Crippen molar-refractivity contribution in [3.63, 3.8) is 0 Å². The molecule has 0 atom stereocenters. The fourth-order valence-electron chi connectivity index (χ4n) is 1.44. The van der Waals surface area contributed by atoms with E-state index in [9.17, 15) is 13.5 Å². The Morgan fingerprint density at radius 3 is 2.17 bits per heavy atom. The highest BCUT2D eigenvalue weighted by Crippen LogP contribution is 2.17. The summed E-state index contributed by atoms with van der Waals surface area (Å²) in [7, 11) is -1.93. The minimum absolute atomic E-state index is 0.284. The van der Waals surface area contributed by atoms with E-state index < -0.39 is 15.6 Å². The van der Waals surface area contributed by atoms with Gasteiger partial charge in [-0.1, -0.05) is 17.7 Å². The molecule has 1 aromatic carbocycles. The Bertz CT molecular complexity index is 486. The number of benzene rings is 1. The fourth-order valence-corrected chi connectivity index (χ4v) is 2.61. The van der Waals surface area contributed by atoms with Crippen LogP contribution in [0.3, 0.4) is 0 Å². The first-order chi connectivity index (χ1) is 8.13. The summed E-state index contributed by atoms with van der Waals surface area (Å²) in [5, 5.41) is 9.62. The fraction of sp³-hybridized carbons (Fsp3) is 0.538. The molecule has 102 valence electrons. The quantitative estimate of drug-likeness (QED) is 0.888. The highest BCUT2D eigenvalue weighted by Gasteiger charge is 2.22. The van der Waals surface area contributed by atoms with Crippen LogP contribution in [0.25, 0.3) is 0 Å². The third-order valence-corrected chi connectivity index (χ3v) is 4.64. The second kappa shape index (κ2) is 5.38. The summed E-state index contributed by atoms with van der Waals surface area (Å²) in [5.41, 5.74) is 0.157. The van der Waals surface area contributed by atoms with Crippen LogP contribution >= 0.6 is 0 Å². The van der Waals surface area contributed by atoms with E-state index in [1.807, 2.05) is 6.92 Å². The highest BCUT2D eigenvalue weighted by atomic mass is 32.2. The number of hydrogen-bond donors (Lipinski definition) is 1. The third kappa shape index (κ3) is 4.08. The van der Waals surface area contributed by atoms with Gasteiger partial charge in [-0.3, -0.25) is 0 Å². The van der Waals surface area contributed by atoms with Crippen molar-refractivity contribution in [1.29, 1.82) is 0 Å². The highest BCUT2D eigenvalue weighted by molar-refractivity contribution is 7.89. The molecule has 0 aliphatic carbocycles. The Kier molecular flexibility index (Phi) is 4.53. The van der Waals surface area contributed by atoms with Crippen molar-refractivity contribution in [1.82, 2.24) is 4.31 Å². The van der Waals surface area contributed by atoms with Gasteiger partial charge in [-0.05, 0) is 39.3 Å². The van der Waals surface area contributed by atoms with Gasteiger partial charge in [-0.2, -0.15) is 0 Å². The second-order valence-electron chi connectivity index (χ2n) is 5.20. The van der Waals surface area contributed by atoms with E-state index in [1.54, 1.807) is 38.1 Å².